The smallest absolute Gasteiger partial charge is 0.330 e. The maximum absolute atomic E-state index is 15.4. The van der Waals surface area contributed by atoms with Crippen LogP contribution in [0.1, 0.15) is 205 Å². The summed E-state index contributed by atoms with van der Waals surface area (Å²) in [5, 5.41) is 0. The molecule has 3 rings (SSSR count). The molecule has 0 aromatic rings. The first kappa shape index (κ1) is 77.8. The Kier molecular flexibility index (Phi) is 21.6. The van der Waals surface area contributed by atoms with E-state index in [4.69, 9.17) is 28.4 Å². The first-order valence-electron chi connectivity index (χ1n) is 27.2. The molecule has 0 aromatic heterocycles. The van der Waals surface area contributed by atoms with E-state index in [1.807, 2.05) is 0 Å². The first-order valence-corrected chi connectivity index (χ1v) is 27.2. The third kappa shape index (κ3) is 14.3. The van der Waals surface area contributed by atoms with Gasteiger partial charge in [0.2, 0.25) is 33.3 Å². The summed E-state index contributed by atoms with van der Waals surface area (Å²) in [6, 6.07) is 0. The predicted molar refractivity (Wildman–Crippen MR) is 276 cm³/mol. The predicted octanol–water partition coefficient (Wildman–Crippen LogP) is 15.3. The van der Waals surface area contributed by atoms with Crippen LogP contribution in [0.5, 0.6) is 0 Å². The number of hydrogen-bond acceptors (Lipinski definition) is 12. The maximum Gasteiger partial charge on any atom is 0.330 e. The van der Waals surface area contributed by atoms with Crippen molar-refractivity contribution in [1.29, 1.82) is 0 Å². The van der Waals surface area contributed by atoms with Crippen LogP contribution in [-0.4, -0.2) is 122 Å². The van der Waals surface area contributed by atoms with Gasteiger partial charge in [-0.15, -0.1) is 0 Å². The average molecular weight is 1250 g/mol. The van der Waals surface area contributed by atoms with Crippen molar-refractivity contribution in [2.75, 3.05) is 0 Å². The van der Waals surface area contributed by atoms with Crippen LogP contribution in [0.15, 0.2) is 0 Å². The Morgan fingerprint density at radius 2 is 0.607 bits per heavy atom. The monoisotopic (exact) mass is 1250 g/mol. The van der Waals surface area contributed by atoms with Crippen molar-refractivity contribution in [3.05, 3.63) is 0 Å². The number of hydrogen-bond donors (Lipinski definition) is 0. The normalized spacial score (nSPS) is 28.1. The van der Waals surface area contributed by atoms with Crippen LogP contribution in [-0.2, 0) is 57.2 Å². The number of alkyl halides is 15. The Bertz CT molecular complexity index is 2270. The minimum absolute atomic E-state index is 0.00783. The van der Waals surface area contributed by atoms with Gasteiger partial charge in [0, 0.05) is 25.7 Å². The molecule has 3 aliphatic rings. The lowest BCUT2D eigenvalue weighted by Crippen LogP contribution is -2.74. The van der Waals surface area contributed by atoms with Crippen LogP contribution in [0.25, 0.3) is 0 Å². The van der Waals surface area contributed by atoms with Crippen LogP contribution < -0.4 is 0 Å². The molecule has 0 radical (unpaired) electrons. The minimum atomic E-state index is -5.08. The molecule has 84 heavy (non-hydrogen) atoms. The van der Waals surface area contributed by atoms with Crippen molar-refractivity contribution in [2.45, 2.75) is 291 Å². The highest BCUT2D eigenvalue weighted by molar-refractivity contribution is 6.04. The summed E-state index contributed by atoms with van der Waals surface area (Å²) in [4.78, 5) is 76.9. The third-order valence-electron chi connectivity index (χ3n) is 14.0. The summed E-state index contributed by atoms with van der Waals surface area (Å²) in [5.74, 6) is -44.5. The van der Waals surface area contributed by atoms with Gasteiger partial charge in [-0.3, -0.25) is 28.8 Å². The van der Waals surface area contributed by atoms with Gasteiger partial charge in [-0.1, -0.05) is 20.8 Å². The van der Waals surface area contributed by atoms with Crippen LogP contribution in [0, 0.1) is 34.0 Å². The molecule has 6 atom stereocenters. The Labute approximate surface area is 482 Å². The van der Waals surface area contributed by atoms with Crippen molar-refractivity contribution >= 4 is 35.8 Å². The summed E-state index contributed by atoms with van der Waals surface area (Å²) in [5.41, 5.74) is -31.9. The number of rotatable bonds is 10. The summed E-state index contributed by atoms with van der Waals surface area (Å²) in [6.45, 7) is 28.2. The van der Waals surface area contributed by atoms with Crippen molar-refractivity contribution in [3.63, 3.8) is 0 Å². The molecule has 0 aliphatic heterocycles. The topological polar surface area (TPSA) is 158 Å². The van der Waals surface area contributed by atoms with Gasteiger partial charge < -0.3 is 28.4 Å². The third-order valence-corrected chi connectivity index (χ3v) is 14.0. The zero-order valence-corrected chi connectivity index (χ0v) is 52.5. The van der Waals surface area contributed by atoms with Crippen LogP contribution in [0.3, 0.4) is 0 Å². The zero-order chi connectivity index (χ0) is 67.7. The SMILES string of the molecule is CC1CC(C(=O)OC(C)(C)C)(C(=O)OC(C)(C)C)C(F)(F)C(F)(C(C)(F)F)C1.CCC1CC(C(=O)OC(C)(C)C)(C(=O)OC(C)(C)C)C(F)(F)C(C)(F)C1(F)F.CCC1CC(C(=O)OC(C)(C)C)(C(=O)OC(C)(C)C)C(F)(F)C1(F)C(C)(F)F. The second-order valence-electron chi connectivity index (χ2n) is 28.5. The Hall–Kier alpha value is -4.23. The van der Waals surface area contributed by atoms with Gasteiger partial charge in [0.1, 0.15) is 33.6 Å². The van der Waals surface area contributed by atoms with Gasteiger partial charge in [-0.25, -0.2) is 65.9 Å². The molecule has 0 saturated heterocycles. The molecule has 492 valence electrons. The Balaban J connectivity index is 0.000000630. The maximum atomic E-state index is 15.4. The van der Waals surface area contributed by atoms with Gasteiger partial charge in [0.05, 0.1) is 0 Å². The van der Waals surface area contributed by atoms with Gasteiger partial charge in [-0.2, -0.15) is 0 Å². The van der Waals surface area contributed by atoms with E-state index >= 15 is 39.5 Å². The highest BCUT2D eigenvalue weighted by atomic mass is 19.3. The molecule has 6 unspecified atom stereocenters. The van der Waals surface area contributed by atoms with Crippen molar-refractivity contribution in [3.8, 4) is 0 Å². The molecule has 3 fully saturated rings. The standard InChI is InChI=1S/3C19H29F5O4/c1-11-9-17(12(25)27-14(2,3)4,13(26)28-15(5,6)7)19(23,24)18(22,10-11)16(8,20)21;1-9-11-10-17(12(25)27-14(2,3)4,13(26)28-15(5,6)7)19(23,24)18(11,22)16(8,20)21;1-9-11-10-17(12(25)27-14(2,3)4,13(26)28-15(5,6)7)19(23,24)16(8,20)18(11,21)22/h3*11H,9-10H2,1-8H3. The van der Waals surface area contributed by atoms with E-state index in [1.54, 1.807) is 0 Å². The van der Waals surface area contributed by atoms with Gasteiger partial charge >= 0.3 is 53.6 Å². The summed E-state index contributed by atoms with van der Waals surface area (Å²) in [6.07, 6.45) is -5.44. The molecule has 3 aliphatic carbocycles. The molecule has 0 heterocycles. The van der Waals surface area contributed by atoms with Crippen molar-refractivity contribution in [1.82, 2.24) is 0 Å². The fourth-order valence-corrected chi connectivity index (χ4v) is 10.1. The lowest BCUT2D eigenvalue weighted by molar-refractivity contribution is -0.329. The minimum Gasteiger partial charge on any atom is -0.459 e. The molecule has 0 aromatic carbocycles. The highest BCUT2D eigenvalue weighted by Gasteiger charge is 2.89. The molecule has 0 amide bonds. The Morgan fingerprint density at radius 1 is 0.369 bits per heavy atom. The van der Waals surface area contributed by atoms with Crippen LogP contribution in [0.4, 0.5) is 65.9 Å². The molecule has 12 nitrogen and oxygen atoms in total. The van der Waals surface area contributed by atoms with E-state index in [0.717, 1.165) is 0 Å². The first-order chi connectivity index (χ1) is 36.4. The van der Waals surface area contributed by atoms with E-state index < -0.39 is 194 Å². The molecule has 0 spiro atoms. The molecule has 0 N–H and O–H groups in total. The number of carbonyl (C=O) groups excluding carboxylic acids is 6. The number of ether oxygens (including phenoxy) is 6. The number of carbonyl (C=O) groups is 6. The lowest BCUT2D eigenvalue weighted by atomic mass is 9.59. The van der Waals surface area contributed by atoms with E-state index in [0.29, 0.717) is 0 Å². The molecule has 3 saturated carbocycles. The van der Waals surface area contributed by atoms with E-state index in [-0.39, 0.29) is 20.8 Å². The van der Waals surface area contributed by atoms with Gasteiger partial charge in [-0.05, 0) is 176 Å². The van der Waals surface area contributed by atoms with Crippen molar-refractivity contribution in [2.24, 2.45) is 34.0 Å². The fourth-order valence-electron chi connectivity index (χ4n) is 10.1. The fraction of sp³-hybridized carbons (Fsp3) is 0.895. The van der Waals surface area contributed by atoms with E-state index in [2.05, 4.69) is 0 Å². The second kappa shape index (κ2) is 23.4. The quantitative estimate of drug-likeness (QED) is 0.0884. The molecule has 27 heteroatoms. The number of esters is 6. The second-order valence-corrected chi connectivity index (χ2v) is 28.5. The summed E-state index contributed by atoms with van der Waals surface area (Å²) >= 11 is 0. The zero-order valence-electron chi connectivity index (χ0n) is 52.5. The van der Waals surface area contributed by atoms with Crippen molar-refractivity contribution < 1.29 is 123 Å². The highest BCUT2D eigenvalue weighted by Crippen LogP contribution is 2.68. The Morgan fingerprint density at radius 3 is 0.821 bits per heavy atom. The largest absolute Gasteiger partial charge is 0.459 e. The van der Waals surface area contributed by atoms with E-state index in [1.165, 1.54) is 145 Å². The average Bonchev–Trinajstić information content (AvgIpc) is 3.40. The van der Waals surface area contributed by atoms with Crippen LogP contribution in [0.2, 0.25) is 0 Å². The van der Waals surface area contributed by atoms with Crippen LogP contribution >= 0.6 is 0 Å². The number of halogens is 15. The lowest BCUT2D eigenvalue weighted by Gasteiger charge is -2.53. The van der Waals surface area contributed by atoms with Gasteiger partial charge in [0.15, 0.2) is 0 Å². The van der Waals surface area contributed by atoms with E-state index in [9.17, 15) is 55.1 Å². The molecule has 0 bridgehead atoms. The summed E-state index contributed by atoms with van der Waals surface area (Å²) in [7, 11) is 0. The molecular formula is C57H87F15O12. The van der Waals surface area contributed by atoms with Gasteiger partial charge in [0.25, 0.3) is 17.8 Å². The molecular weight excluding hydrogens is 1160 g/mol. The summed E-state index contributed by atoms with van der Waals surface area (Å²) < 4.78 is 253.